The minimum atomic E-state index is 0.517. The number of hydrogen-bond acceptors (Lipinski definition) is 3. The molecule has 0 bridgehead atoms. The lowest BCUT2D eigenvalue weighted by molar-refractivity contribution is 0.525. The summed E-state index contributed by atoms with van der Waals surface area (Å²) >= 11 is 0. The van der Waals surface area contributed by atoms with Crippen molar-refractivity contribution in [3.63, 3.8) is 0 Å². The molecule has 0 atom stereocenters. The van der Waals surface area contributed by atoms with E-state index in [1.807, 2.05) is 42.5 Å². The van der Waals surface area contributed by atoms with Crippen molar-refractivity contribution in [3.8, 4) is 0 Å². The summed E-state index contributed by atoms with van der Waals surface area (Å²) in [6, 6.07) is 11.9. The number of unbranched alkanes of at least 4 members (excludes halogenated alkanes) is 12. The minimum Gasteiger partial charge on any atom is -0.354 e. The Bertz CT molecular complexity index is 992. The lowest BCUT2D eigenvalue weighted by Gasteiger charge is -2.12. The fraction of sp³-hybridized carbons (Fsp3) is 0.500. The Morgan fingerprint density at radius 3 is 1.82 bits per heavy atom. The molecule has 0 fully saturated rings. The van der Waals surface area contributed by atoms with Crippen molar-refractivity contribution < 1.29 is 0 Å². The van der Waals surface area contributed by atoms with Gasteiger partial charge in [0, 0.05) is 30.1 Å². The van der Waals surface area contributed by atoms with Gasteiger partial charge in [-0.25, -0.2) is 0 Å². The molecular formula is C30H42N4. The maximum atomic E-state index is 8.06. The highest BCUT2D eigenvalue weighted by molar-refractivity contribution is 6.24. The number of benzene rings is 1. The number of nitrogens with zero attached hydrogens (tertiary/aromatic N) is 3. The normalized spacial score (nSPS) is 13.9. The van der Waals surface area contributed by atoms with Crippen molar-refractivity contribution in [2.75, 3.05) is 0 Å². The summed E-state index contributed by atoms with van der Waals surface area (Å²) < 4.78 is 2.24. The van der Waals surface area contributed by atoms with E-state index in [1.54, 1.807) is 6.08 Å². The lowest BCUT2D eigenvalue weighted by Crippen LogP contribution is -2.12. The first kappa shape index (κ1) is 25.9. The predicted molar refractivity (Wildman–Crippen MR) is 145 cm³/mol. The zero-order chi connectivity index (χ0) is 23.8. The third-order valence-corrected chi connectivity index (χ3v) is 6.57. The third kappa shape index (κ3) is 8.89. The van der Waals surface area contributed by atoms with Crippen LogP contribution in [0.25, 0.3) is 0 Å². The summed E-state index contributed by atoms with van der Waals surface area (Å²) in [5.41, 5.74) is 3.19. The molecule has 0 saturated carbocycles. The molecule has 4 nitrogen and oxygen atoms in total. The first-order chi connectivity index (χ1) is 16.8. The van der Waals surface area contributed by atoms with Crippen LogP contribution >= 0.6 is 0 Å². The molecular weight excluding hydrogens is 416 g/mol. The molecule has 3 rings (SSSR count). The van der Waals surface area contributed by atoms with Crippen molar-refractivity contribution in [1.82, 2.24) is 4.57 Å². The molecule has 1 aliphatic carbocycles. The third-order valence-electron chi connectivity index (χ3n) is 6.57. The number of pyridine rings is 1. The summed E-state index contributed by atoms with van der Waals surface area (Å²) in [7, 11) is 0. The largest absolute Gasteiger partial charge is 0.354 e. The molecule has 4 heteroatoms. The van der Waals surface area contributed by atoms with Gasteiger partial charge in [0.15, 0.2) is 0 Å². The second-order valence-corrected chi connectivity index (χ2v) is 9.41. The molecule has 0 spiro atoms. The van der Waals surface area contributed by atoms with E-state index in [0.29, 0.717) is 5.71 Å². The Balaban J connectivity index is 1.31. The van der Waals surface area contributed by atoms with Crippen molar-refractivity contribution in [3.05, 3.63) is 77.4 Å². The number of aromatic nitrogens is 1. The second kappa shape index (κ2) is 15.2. The molecule has 34 heavy (non-hydrogen) atoms. The molecule has 1 heterocycles. The highest BCUT2D eigenvalue weighted by Gasteiger charge is 2.13. The van der Waals surface area contributed by atoms with Crippen molar-refractivity contribution >= 4 is 11.4 Å². The Labute approximate surface area is 206 Å². The van der Waals surface area contributed by atoms with Gasteiger partial charge in [0.05, 0.1) is 16.8 Å². The van der Waals surface area contributed by atoms with Crippen LogP contribution in [-0.4, -0.2) is 16.0 Å². The minimum absolute atomic E-state index is 0.517. The molecule has 1 N–H and O–H groups in total. The van der Waals surface area contributed by atoms with E-state index in [0.717, 1.165) is 28.7 Å². The monoisotopic (exact) mass is 458 g/mol. The first-order valence-electron chi connectivity index (χ1n) is 13.4. The number of nitrogens with one attached hydrogen (secondary N) is 1. The standard InChI is InChI=1S/C30H42N4/c1-2-3-4-5-6-7-8-9-10-11-12-13-16-23-34-24-21-26(22-25-34)32-33-30-20-19-29(31)27-17-14-15-18-28(27)30/h14-15,17-22,24-25,31H,2-13,16,23H2,1H3/b31-29?,33-30+. The number of fused-ring (bicyclic) bond motifs is 1. The topological polar surface area (TPSA) is 53.5 Å². The molecule has 2 aromatic rings. The molecule has 1 aliphatic rings. The highest BCUT2D eigenvalue weighted by atomic mass is 15.2. The number of hydrogen-bond donors (Lipinski definition) is 1. The Hall–Kier alpha value is -2.75. The summed E-state index contributed by atoms with van der Waals surface area (Å²) in [5, 5.41) is 17.8. The van der Waals surface area contributed by atoms with E-state index < -0.39 is 0 Å². The van der Waals surface area contributed by atoms with Crippen molar-refractivity contribution in [2.24, 2.45) is 10.2 Å². The van der Waals surface area contributed by atoms with E-state index in [1.165, 1.54) is 83.5 Å². The van der Waals surface area contributed by atoms with Crippen LogP contribution in [0.5, 0.6) is 0 Å². The SMILES string of the molecule is CCCCCCCCCCCCCCCn1ccc(=N/N=C2\C=CC(=N)c3ccccc32)cc1. The maximum Gasteiger partial charge on any atom is 0.0936 e. The molecule has 182 valence electrons. The smallest absolute Gasteiger partial charge is 0.0936 e. The maximum absolute atomic E-state index is 8.06. The molecule has 0 radical (unpaired) electrons. The average Bonchev–Trinajstić information content (AvgIpc) is 2.87. The Morgan fingerprint density at radius 1 is 0.647 bits per heavy atom. The summed E-state index contributed by atoms with van der Waals surface area (Å²) in [4.78, 5) is 0. The van der Waals surface area contributed by atoms with Crippen molar-refractivity contribution in [2.45, 2.75) is 96.9 Å². The van der Waals surface area contributed by atoms with E-state index in [2.05, 4.69) is 34.1 Å². The Kier molecular flexibility index (Phi) is 11.6. The molecule has 0 amide bonds. The summed E-state index contributed by atoms with van der Waals surface area (Å²) in [5.74, 6) is 0. The predicted octanol–water partition coefficient (Wildman–Crippen LogP) is 7.82. The lowest BCUT2D eigenvalue weighted by atomic mass is 9.94. The molecule has 1 aromatic heterocycles. The first-order valence-corrected chi connectivity index (χ1v) is 13.4. The molecule has 0 unspecified atom stereocenters. The fourth-order valence-electron chi connectivity index (χ4n) is 4.46. The van der Waals surface area contributed by atoms with Gasteiger partial charge in [-0.15, -0.1) is 5.10 Å². The zero-order valence-electron chi connectivity index (χ0n) is 21.0. The van der Waals surface area contributed by atoms with Gasteiger partial charge < -0.3 is 9.98 Å². The van der Waals surface area contributed by atoms with Gasteiger partial charge in [0.25, 0.3) is 0 Å². The molecule has 0 saturated heterocycles. The van der Waals surface area contributed by atoms with Crippen LogP contribution in [0.4, 0.5) is 0 Å². The van der Waals surface area contributed by atoms with Crippen LogP contribution in [0.15, 0.2) is 71.1 Å². The molecule has 1 aromatic carbocycles. The number of rotatable bonds is 15. The van der Waals surface area contributed by atoms with Crippen LogP contribution in [0.1, 0.15) is 102 Å². The van der Waals surface area contributed by atoms with Crippen LogP contribution in [0.2, 0.25) is 0 Å². The van der Waals surface area contributed by atoms with Gasteiger partial charge in [-0.05, 0) is 30.7 Å². The van der Waals surface area contributed by atoms with Gasteiger partial charge in [0.2, 0.25) is 0 Å². The van der Waals surface area contributed by atoms with Crippen LogP contribution in [0, 0.1) is 5.41 Å². The van der Waals surface area contributed by atoms with Crippen LogP contribution in [-0.2, 0) is 6.54 Å². The van der Waals surface area contributed by atoms with E-state index in [9.17, 15) is 0 Å². The van der Waals surface area contributed by atoms with Crippen LogP contribution < -0.4 is 5.36 Å². The number of aryl methyl sites for hydroxylation is 1. The van der Waals surface area contributed by atoms with E-state index >= 15 is 0 Å². The van der Waals surface area contributed by atoms with Gasteiger partial charge in [-0.2, -0.15) is 5.10 Å². The second-order valence-electron chi connectivity index (χ2n) is 9.41. The highest BCUT2D eigenvalue weighted by Crippen LogP contribution is 2.17. The van der Waals surface area contributed by atoms with Gasteiger partial charge >= 0.3 is 0 Å². The summed E-state index contributed by atoms with van der Waals surface area (Å²) in [6.45, 7) is 3.34. The zero-order valence-corrected chi connectivity index (χ0v) is 21.0. The number of allylic oxidation sites excluding steroid dienone is 2. The van der Waals surface area contributed by atoms with Gasteiger partial charge in [-0.1, -0.05) is 108 Å². The average molecular weight is 459 g/mol. The fourth-order valence-corrected chi connectivity index (χ4v) is 4.46. The molecule has 0 aliphatic heterocycles. The van der Waals surface area contributed by atoms with Crippen molar-refractivity contribution in [1.29, 1.82) is 5.41 Å². The van der Waals surface area contributed by atoms with Crippen LogP contribution in [0.3, 0.4) is 0 Å². The quantitative estimate of drug-likeness (QED) is 0.209. The van der Waals surface area contributed by atoms with Gasteiger partial charge in [-0.3, -0.25) is 0 Å². The van der Waals surface area contributed by atoms with E-state index in [-0.39, 0.29) is 0 Å². The van der Waals surface area contributed by atoms with Gasteiger partial charge in [0.1, 0.15) is 0 Å². The van der Waals surface area contributed by atoms with E-state index in [4.69, 9.17) is 5.41 Å². The Morgan fingerprint density at radius 2 is 1.21 bits per heavy atom. The summed E-state index contributed by atoms with van der Waals surface area (Å²) in [6.07, 6.45) is 25.9.